The van der Waals surface area contributed by atoms with Gasteiger partial charge >= 0.3 is 23.9 Å². The highest BCUT2D eigenvalue weighted by Crippen LogP contribution is 2.35. The van der Waals surface area contributed by atoms with E-state index in [0.29, 0.717) is 0 Å². The van der Waals surface area contributed by atoms with Gasteiger partial charge in [-0.05, 0) is 12.8 Å². The Bertz CT molecular complexity index is 418. The van der Waals surface area contributed by atoms with Crippen LogP contribution in [-0.4, -0.2) is 44.3 Å². The van der Waals surface area contributed by atoms with Crippen LogP contribution in [0, 0.1) is 11.8 Å². The predicted molar refractivity (Wildman–Crippen MR) is 53.8 cm³/mol. The molecule has 2 unspecified atom stereocenters. The molecule has 0 heterocycles. The molecule has 1 aliphatic carbocycles. The second-order valence-corrected chi connectivity index (χ2v) is 3.87. The summed E-state index contributed by atoms with van der Waals surface area (Å²) in [6, 6.07) is 0. The van der Waals surface area contributed by atoms with Crippen molar-refractivity contribution in [2.24, 2.45) is 11.8 Å². The van der Waals surface area contributed by atoms with Crippen molar-refractivity contribution in [1.82, 2.24) is 0 Å². The highest BCUT2D eigenvalue weighted by molar-refractivity contribution is 6.01. The summed E-state index contributed by atoms with van der Waals surface area (Å²) < 4.78 is 0. The van der Waals surface area contributed by atoms with E-state index < -0.39 is 59.7 Å². The first kappa shape index (κ1) is 13.7. The van der Waals surface area contributed by atoms with Crippen molar-refractivity contribution >= 4 is 23.9 Å². The van der Waals surface area contributed by atoms with Crippen molar-refractivity contribution in [2.75, 3.05) is 0 Å². The fraction of sp³-hybridized carbons (Fsp3) is 0.400. The number of hydrogen-bond acceptors (Lipinski definition) is 4. The van der Waals surface area contributed by atoms with E-state index in [9.17, 15) is 19.2 Å². The first-order valence-electron chi connectivity index (χ1n) is 4.90. The summed E-state index contributed by atoms with van der Waals surface area (Å²) in [6.07, 6.45) is -1.22. The maximum atomic E-state index is 10.9. The standard InChI is InChI=1S/C10H10O8/c11-7(12)3-1-4(8(13)14)6(10(17)18)2-5(3)9(15)16/h3,5H,1-2H2,(H,11,12)(H,13,14)(H,15,16)(H,17,18). The topological polar surface area (TPSA) is 149 Å². The first-order chi connectivity index (χ1) is 8.25. The van der Waals surface area contributed by atoms with E-state index in [0.717, 1.165) is 0 Å². The Kier molecular flexibility index (Phi) is 3.70. The van der Waals surface area contributed by atoms with Crippen molar-refractivity contribution in [1.29, 1.82) is 0 Å². The third-order valence-corrected chi connectivity index (χ3v) is 2.85. The Morgan fingerprint density at radius 1 is 0.722 bits per heavy atom. The fourth-order valence-corrected chi connectivity index (χ4v) is 1.92. The third kappa shape index (κ3) is 2.47. The Hall–Kier alpha value is -2.38. The lowest BCUT2D eigenvalue weighted by molar-refractivity contribution is -0.155. The minimum absolute atomic E-state index is 0.549. The molecule has 0 amide bonds. The Morgan fingerprint density at radius 2 is 1.00 bits per heavy atom. The number of carboxylic acid groups (broad SMARTS) is 4. The smallest absolute Gasteiger partial charge is 0.332 e. The second-order valence-electron chi connectivity index (χ2n) is 3.87. The summed E-state index contributed by atoms with van der Waals surface area (Å²) in [5.74, 6) is -8.85. The van der Waals surface area contributed by atoms with Gasteiger partial charge in [0, 0.05) is 11.1 Å². The molecule has 0 fully saturated rings. The van der Waals surface area contributed by atoms with Crippen LogP contribution < -0.4 is 0 Å². The molecule has 0 saturated heterocycles. The first-order valence-corrected chi connectivity index (χ1v) is 4.90. The molecule has 0 aromatic rings. The molecule has 2 atom stereocenters. The van der Waals surface area contributed by atoms with Gasteiger partial charge < -0.3 is 20.4 Å². The molecular formula is C10H10O8. The zero-order chi connectivity index (χ0) is 14.0. The van der Waals surface area contributed by atoms with Crippen LogP contribution in [-0.2, 0) is 19.2 Å². The normalized spacial score (nSPS) is 23.6. The largest absolute Gasteiger partial charge is 0.481 e. The Labute approximate surface area is 100 Å². The van der Waals surface area contributed by atoms with Crippen molar-refractivity contribution in [3.8, 4) is 0 Å². The molecule has 4 N–H and O–H groups in total. The van der Waals surface area contributed by atoms with Gasteiger partial charge in [-0.1, -0.05) is 0 Å². The molecule has 0 radical (unpaired) electrons. The molecule has 18 heavy (non-hydrogen) atoms. The maximum Gasteiger partial charge on any atom is 0.332 e. The zero-order valence-corrected chi connectivity index (χ0v) is 8.99. The van der Waals surface area contributed by atoms with Crippen LogP contribution in [0.4, 0.5) is 0 Å². The highest BCUT2D eigenvalue weighted by atomic mass is 16.4. The lowest BCUT2D eigenvalue weighted by Gasteiger charge is -2.26. The van der Waals surface area contributed by atoms with E-state index in [4.69, 9.17) is 20.4 Å². The Morgan fingerprint density at radius 3 is 1.17 bits per heavy atom. The van der Waals surface area contributed by atoms with Gasteiger partial charge in [-0.15, -0.1) is 0 Å². The van der Waals surface area contributed by atoms with Crippen LogP contribution in [0.2, 0.25) is 0 Å². The number of hydrogen-bond donors (Lipinski definition) is 4. The molecule has 1 aliphatic rings. The summed E-state index contributed by atoms with van der Waals surface area (Å²) in [6.45, 7) is 0. The van der Waals surface area contributed by atoms with E-state index in [-0.39, 0.29) is 0 Å². The highest BCUT2D eigenvalue weighted by Gasteiger charge is 2.42. The summed E-state index contributed by atoms with van der Waals surface area (Å²) in [5.41, 5.74) is -1.10. The molecule has 0 spiro atoms. The van der Waals surface area contributed by atoms with Gasteiger partial charge in [-0.2, -0.15) is 0 Å². The van der Waals surface area contributed by atoms with E-state index in [1.807, 2.05) is 0 Å². The van der Waals surface area contributed by atoms with Gasteiger partial charge in [0.15, 0.2) is 0 Å². The number of rotatable bonds is 4. The lowest BCUT2D eigenvalue weighted by Crippen LogP contribution is -2.36. The molecule has 0 aliphatic heterocycles. The molecular weight excluding hydrogens is 248 g/mol. The van der Waals surface area contributed by atoms with Crippen LogP contribution in [0.25, 0.3) is 0 Å². The fourth-order valence-electron chi connectivity index (χ4n) is 1.92. The summed E-state index contributed by atoms with van der Waals surface area (Å²) in [4.78, 5) is 43.5. The van der Waals surface area contributed by atoms with Crippen molar-refractivity contribution in [3.05, 3.63) is 11.1 Å². The van der Waals surface area contributed by atoms with E-state index in [2.05, 4.69) is 0 Å². The minimum atomic E-state index is -1.54. The van der Waals surface area contributed by atoms with E-state index in [1.165, 1.54) is 0 Å². The van der Waals surface area contributed by atoms with Gasteiger partial charge in [0.1, 0.15) is 0 Å². The van der Waals surface area contributed by atoms with Crippen LogP contribution >= 0.6 is 0 Å². The van der Waals surface area contributed by atoms with Crippen molar-refractivity contribution < 1.29 is 39.6 Å². The summed E-state index contributed by atoms with van der Waals surface area (Å²) >= 11 is 0. The summed E-state index contributed by atoms with van der Waals surface area (Å²) in [7, 11) is 0. The van der Waals surface area contributed by atoms with Crippen molar-refractivity contribution in [3.63, 3.8) is 0 Å². The van der Waals surface area contributed by atoms with Gasteiger partial charge in [-0.3, -0.25) is 9.59 Å². The summed E-state index contributed by atoms with van der Waals surface area (Å²) in [5, 5.41) is 35.4. The van der Waals surface area contributed by atoms with Gasteiger partial charge in [0.05, 0.1) is 11.8 Å². The number of carbonyl (C=O) groups is 4. The molecule has 0 aromatic heterocycles. The molecule has 1 rings (SSSR count). The average molecular weight is 258 g/mol. The molecule has 0 aromatic carbocycles. The quantitative estimate of drug-likeness (QED) is 0.534. The third-order valence-electron chi connectivity index (χ3n) is 2.85. The van der Waals surface area contributed by atoms with Crippen LogP contribution in [0.1, 0.15) is 12.8 Å². The molecule has 0 bridgehead atoms. The second kappa shape index (κ2) is 4.86. The molecule has 8 nitrogen and oxygen atoms in total. The minimum Gasteiger partial charge on any atom is -0.481 e. The van der Waals surface area contributed by atoms with Gasteiger partial charge in [0.2, 0.25) is 0 Å². The van der Waals surface area contributed by atoms with Crippen molar-refractivity contribution in [2.45, 2.75) is 12.8 Å². The maximum absolute atomic E-state index is 10.9. The van der Waals surface area contributed by atoms with Gasteiger partial charge in [0.25, 0.3) is 0 Å². The SMILES string of the molecule is O=C(O)C1=C(C(=O)O)CC(C(=O)O)C(C(=O)O)C1. The number of aliphatic carboxylic acids is 4. The molecule has 8 heteroatoms. The van der Waals surface area contributed by atoms with Gasteiger partial charge in [-0.25, -0.2) is 9.59 Å². The monoisotopic (exact) mass is 258 g/mol. The molecule has 0 saturated carbocycles. The Balaban J connectivity index is 3.26. The average Bonchev–Trinajstić information content (AvgIpc) is 2.26. The van der Waals surface area contributed by atoms with Crippen LogP contribution in [0.15, 0.2) is 11.1 Å². The number of carboxylic acids is 4. The molecule has 98 valence electrons. The van der Waals surface area contributed by atoms with E-state index >= 15 is 0 Å². The zero-order valence-electron chi connectivity index (χ0n) is 8.99. The lowest BCUT2D eigenvalue weighted by atomic mass is 9.75. The predicted octanol–water partition coefficient (Wildman–Crippen LogP) is -0.352. The van der Waals surface area contributed by atoms with Crippen LogP contribution in [0.5, 0.6) is 0 Å². The van der Waals surface area contributed by atoms with Crippen LogP contribution in [0.3, 0.4) is 0 Å². The van der Waals surface area contributed by atoms with E-state index in [1.54, 1.807) is 0 Å².